The number of hydrogen-bond donors (Lipinski definition) is 1. The van der Waals surface area contributed by atoms with E-state index in [9.17, 15) is 13.2 Å². The molecule has 0 saturated heterocycles. The second-order valence-electron chi connectivity index (χ2n) is 6.15. The van der Waals surface area contributed by atoms with Crippen LogP contribution in [0.5, 0.6) is 0 Å². The number of anilines is 1. The van der Waals surface area contributed by atoms with Gasteiger partial charge in [-0.2, -0.15) is 5.10 Å². The van der Waals surface area contributed by atoms with Crippen molar-refractivity contribution in [3.05, 3.63) is 93.9 Å². The van der Waals surface area contributed by atoms with Gasteiger partial charge in [0, 0.05) is 9.50 Å². The van der Waals surface area contributed by atoms with Crippen LogP contribution in [0.2, 0.25) is 5.02 Å². The molecule has 154 valence electrons. The monoisotopic (exact) mass is 505 g/mol. The third-order valence-electron chi connectivity index (χ3n) is 4.01. The summed E-state index contributed by atoms with van der Waals surface area (Å²) >= 11 is 9.21. The zero-order valence-corrected chi connectivity index (χ0v) is 18.7. The first kappa shape index (κ1) is 22.0. The van der Waals surface area contributed by atoms with Crippen molar-refractivity contribution in [3.8, 4) is 0 Å². The minimum absolute atomic E-state index is 0.0296. The van der Waals surface area contributed by atoms with Crippen molar-refractivity contribution in [2.24, 2.45) is 5.10 Å². The molecule has 0 aromatic heterocycles. The summed E-state index contributed by atoms with van der Waals surface area (Å²) in [5.74, 6) is -0.579. The molecular weight excluding hydrogens is 490 g/mol. The van der Waals surface area contributed by atoms with Crippen molar-refractivity contribution in [2.45, 2.75) is 4.90 Å². The summed E-state index contributed by atoms with van der Waals surface area (Å²) in [6.07, 6.45) is 1.48. The predicted molar refractivity (Wildman–Crippen MR) is 122 cm³/mol. The summed E-state index contributed by atoms with van der Waals surface area (Å²) in [6, 6.07) is 21.5. The van der Waals surface area contributed by atoms with Crippen LogP contribution in [0.25, 0.3) is 0 Å². The van der Waals surface area contributed by atoms with Crippen LogP contribution in [-0.2, 0) is 14.8 Å². The zero-order chi connectivity index (χ0) is 21.6. The van der Waals surface area contributed by atoms with Gasteiger partial charge in [0.1, 0.15) is 6.54 Å². The molecule has 1 amide bonds. The number of hydrazone groups is 1. The fourth-order valence-corrected chi connectivity index (χ4v) is 4.35. The Balaban J connectivity index is 1.80. The molecule has 0 aliphatic heterocycles. The van der Waals surface area contributed by atoms with Crippen molar-refractivity contribution in [1.29, 1.82) is 0 Å². The molecule has 0 saturated carbocycles. The number of halogens is 2. The van der Waals surface area contributed by atoms with E-state index >= 15 is 0 Å². The predicted octanol–water partition coefficient (Wildman–Crippen LogP) is 4.45. The molecule has 0 spiro atoms. The lowest BCUT2D eigenvalue weighted by Crippen LogP contribution is -2.39. The Morgan fingerprint density at radius 1 is 1.00 bits per heavy atom. The highest BCUT2D eigenvalue weighted by Gasteiger charge is 2.27. The van der Waals surface area contributed by atoms with Gasteiger partial charge in [-0.15, -0.1) is 0 Å². The Bertz CT molecular complexity index is 1140. The quantitative estimate of drug-likeness (QED) is 0.380. The zero-order valence-electron chi connectivity index (χ0n) is 15.6. The van der Waals surface area contributed by atoms with E-state index in [0.29, 0.717) is 10.7 Å². The van der Waals surface area contributed by atoms with E-state index in [1.54, 1.807) is 30.3 Å². The highest BCUT2D eigenvalue weighted by Crippen LogP contribution is 2.24. The average Bonchev–Trinajstić information content (AvgIpc) is 2.74. The maximum atomic E-state index is 13.2. The van der Waals surface area contributed by atoms with Crippen LogP contribution >= 0.6 is 27.5 Å². The van der Waals surface area contributed by atoms with Crippen LogP contribution in [0.3, 0.4) is 0 Å². The van der Waals surface area contributed by atoms with Crippen molar-refractivity contribution in [2.75, 3.05) is 10.8 Å². The number of rotatable bonds is 7. The number of hydrogen-bond acceptors (Lipinski definition) is 4. The minimum Gasteiger partial charge on any atom is -0.271 e. The lowest BCUT2D eigenvalue weighted by Gasteiger charge is -2.23. The third kappa shape index (κ3) is 5.69. The molecule has 0 aliphatic rings. The molecule has 0 aliphatic carbocycles. The third-order valence-corrected chi connectivity index (χ3v) is 6.57. The number of nitrogens with one attached hydrogen (secondary N) is 1. The van der Waals surface area contributed by atoms with Crippen molar-refractivity contribution in [3.63, 3.8) is 0 Å². The van der Waals surface area contributed by atoms with Gasteiger partial charge in [0.05, 0.1) is 16.8 Å². The Morgan fingerprint density at radius 3 is 2.27 bits per heavy atom. The van der Waals surface area contributed by atoms with Gasteiger partial charge >= 0.3 is 0 Å². The fraction of sp³-hybridized carbons (Fsp3) is 0.0476. The van der Waals surface area contributed by atoms with E-state index < -0.39 is 22.5 Å². The van der Waals surface area contributed by atoms with E-state index in [-0.39, 0.29) is 4.90 Å². The van der Waals surface area contributed by atoms with Crippen LogP contribution in [0.1, 0.15) is 5.56 Å². The van der Waals surface area contributed by atoms with Crippen LogP contribution < -0.4 is 9.73 Å². The molecule has 9 heteroatoms. The molecule has 3 aromatic carbocycles. The molecule has 30 heavy (non-hydrogen) atoms. The summed E-state index contributed by atoms with van der Waals surface area (Å²) in [4.78, 5) is 12.5. The summed E-state index contributed by atoms with van der Waals surface area (Å²) < 4.78 is 28.3. The SMILES string of the molecule is O=C(CN(c1ccccc1)S(=O)(=O)c1ccc(Cl)cc1)N/N=C\c1ccc(Br)cc1. The fourth-order valence-electron chi connectivity index (χ4n) is 2.54. The van der Waals surface area contributed by atoms with Gasteiger partial charge in [0.2, 0.25) is 0 Å². The van der Waals surface area contributed by atoms with Crippen molar-refractivity contribution in [1.82, 2.24) is 5.43 Å². The normalized spacial score (nSPS) is 11.4. The summed E-state index contributed by atoms with van der Waals surface area (Å²) in [7, 11) is -3.99. The van der Waals surface area contributed by atoms with E-state index in [4.69, 9.17) is 11.6 Å². The van der Waals surface area contributed by atoms with Gasteiger partial charge in [-0.05, 0) is 54.1 Å². The molecule has 6 nitrogen and oxygen atoms in total. The first-order chi connectivity index (χ1) is 14.4. The van der Waals surface area contributed by atoms with Gasteiger partial charge in [-0.1, -0.05) is 57.9 Å². The average molecular weight is 507 g/mol. The van der Waals surface area contributed by atoms with Gasteiger partial charge in [-0.3, -0.25) is 9.10 Å². The van der Waals surface area contributed by atoms with E-state index in [0.717, 1.165) is 14.3 Å². The molecule has 0 radical (unpaired) electrons. The van der Waals surface area contributed by atoms with E-state index in [2.05, 4.69) is 26.5 Å². The van der Waals surface area contributed by atoms with Gasteiger partial charge in [-0.25, -0.2) is 13.8 Å². The number of amides is 1. The smallest absolute Gasteiger partial charge is 0.264 e. The van der Waals surface area contributed by atoms with Crippen molar-refractivity contribution < 1.29 is 13.2 Å². The topological polar surface area (TPSA) is 78.8 Å². The second kappa shape index (κ2) is 9.88. The van der Waals surface area contributed by atoms with Gasteiger partial charge in [0.15, 0.2) is 0 Å². The maximum absolute atomic E-state index is 13.2. The largest absolute Gasteiger partial charge is 0.271 e. The molecule has 0 unspecified atom stereocenters. The lowest BCUT2D eigenvalue weighted by molar-refractivity contribution is -0.119. The van der Waals surface area contributed by atoms with E-state index in [1.807, 2.05) is 24.3 Å². The molecule has 0 atom stereocenters. The van der Waals surface area contributed by atoms with Crippen molar-refractivity contribution >= 4 is 55.4 Å². The van der Waals surface area contributed by atoms with Crippen LogP contribution in [0, 0.1) is 0 Å². The van der Waals surface area contributed by atoms with Crippen LogP contribution in [0.4, 0.5) is 5.69 Å². The maximum Gasteiger partial charge on any atom is 0.264 e. The first-order valence-electron chi connectivity index (χ1n) is 8.77. The molecule has 1 N–H and O–H groups in total. The lowest BCUT2D eigenvalue weighted by atomic mass is 10.2. The molecule has 0 bridgehead atoms. The highest BCUT2D eigenvalue weighted by molar-refractivity contribution is 9.10. The summed E-state index contributed by atoms with van der Waals surface area (Å²) in [6.45, 7) is -0.438. The number of carbonyl (C=O) groups excluding carboxylic acids is 1. The first-order valence-corrected chi connectivity index (χ1v) is 11.4. The molecular formula is C21H17BrClN3O3S. The summed E-state index contributed by atoms with van der Waals surface area (Å²) in [5, 5.41) is 4.32. The van der Waals surface area contributed by atoms with Crippen LogP contribution in [0.15, 0.2) is 93.3 Å². The van der Waals surface area contributed by atoms with Gasteiger partial charge < -0.3 is 0 Å². The number of sulfonamides is 1. The number of para-hydroxylation sites is 1. The molecule has 3 aromatic rings. The molecule has 3 rings (SSSR count). The molecule has 0 fully saturated rings. The number of carbonyl (C=O) groups is 1. The summed E-state index contributed by atoms with van der Waals surface area (Å²) in [5.41, 5.74) is 3.52. The minimum atomic E-state index is -3.99. The Kier molecular flexibility index (Phi) is 7.25. The molecule has 0 heterocycles. The van der Waals surface area contributed by atoms with Gasteiger partial charge in [0.25, 0.3) is 15.9 Å². The number of nitrogens with zero attached hydrogens (tertiary/aromatic N) is 2. The Morgan fingerprint density at radius 2 is 1.63 bits per heavy atom. The Hall–Kier alpha value is -2.68. The van der Waals surface area contributed by atoms with E-state index in [1.165, 1.54) is 30.5 Å². The Labute approximate surface area is 188 Å². The van der Waals surface area contributed by atoms with Crippen LogP contribution in [-0.4, -0.2) is 27.1 Å². The second-order valence-corrected chi connectivity index (χ2v) is 9.36. The standard InChI is InChI=1S/C21H17BrClN3O3S/c22-17-8-6-16(7-9-17)14-24-25-21(27)15-26(19-4-2-1-3-5-19)30(28,29)20-12-10-18(23)11-13-20/h1-14H,15H2,(H,25,27)/b24-14-. The highest BCUT2D eigenvalue weighted by atomic mass is 79.9. The number of benzene rings is 3.